The van der Waals surface area contributed by atoms with Crippen molar-refractivity contribution in [3.63, 3.8) is 0 Å². The van der Waals surface area contributed by atoms with Gasteiger partial charge in [-0.2, -0.15) is 5.26 Å². The van der Waals surface area contributed by atoms with Gasteiger partial charge in [-0.25, -0.2) is 0 Å². The average molecular weight is 363 g/mol. The lowest BCUT2D eigenvalue weighted by Gasteiger charge is -2.44. The van der Waals surface area contributed by atoms with Crippen LogP contribution in [-0.2, 0) is 19.9 Å². The van der Waals surface area contributed by atoms with Crippen LogP contribution in [0, 0.1) is 23.2 Å². The van der Waals surface area contributed by atoms with Gasteiger partial charge in [0.05, 0.1) is 18.6 Å². The van der Waals surface area contributed by atoms with Crippen LogP contribution in [0.1, 0.15) is 30.4 Å². The van der Waals surface area contributed by atoms with Crippen LogP contribution in [0.4, 0.5) is 0 Å². The van der Waals surface area contributed by atoms with Gasteiger partial charge in [0.15, 0.2) is 5.78 Å². The summed E-state index contributed by atoms with van der Waals surface area (Å²) in [6, 6.07) is 19.8. The van der Waals surface area contributed by atoms with Crippen LogP contribution >= 0.6 is 0 Å². The van der Waals surface area contributed by atoms with Gasteiger partial charge in [-0.3, -0.25) is 9.59 Å². The lowest BCUT2D eigenvalue weighted by Crippen LogP contribution is -2.51. The Morgan fingerprint density at radius 3 is 2.33 bits per heavy atom. The summed E-state index contributed by atoms with van der Waals surface area (Å²) < 4.78 is 5.12. The third-order valence-corrected chi connectivity index (χ3v) is 5.16. The van der Waals surface area contributed by atoms with Crippen molar-refractivity contribution in [1.82, 2.24) is 0 Å². The Balaban J connectivity index is 2.15. The maximum atomic E-state index is 13.0. The smallest absolute Gasteiger partial charge is 0.317 e. The molecule has 0 unspecified atom stereocenters. The van der Waals surface area contributed by atoms with E-state index in [-0.39, 0.29) is 13.0 Å². The zero-order valence-corrected chi connectivity index (χ0v) is 15.0. The van der Waals surface area contributed by atoms with Crippen LogP contribution in [0.15, 0.2) is 60.7 Å². The first kappa shape index (κ1) is 18.8. The predicted molar refractivity (Wildman–Crippen MR) is 98.4 cm³/mol. The van der Waals surface area contributed by atoms with E-state index in [2.05, 4.69) is 6.07 Å². The Hall–Kier alpha value is -2.97. The molecule has 1 fully saturated rings. The monoisotopic (exact) mass is 363 g/mol. The van der Waals surface area contributed by atoms with Crippen molar-refractivity contribution in [3.8, 4) is 6.07 Å². The molecule has 1 aliphatic carbocycles. The van der Waals surface area contributed by atoms with E-state index in [4.69, 9.17) is 4.74 Å². The number of hydrogen-bond acceptors (Lipinski definition) is 5. The highest BCUT2D eigenvalue weighted by atomic mass is 16.5. The van der Waals surface area contributed by atoms with Gasteiger partial charge in [-0.05, 0) is 18.1 Å². The summed E-state index contributed by atoms with van der Waals surface area (Å²) in [6.07, 6.45) is -0.304. The Morgan fingerprint density at radius 1 is 1.19 bits per heavy atom. The van der Waals surface area contributed by atoms with E-state index in [1.165, 1.54) is 0 Å². The van der Waals surface area contributed by atoms with Crippen molar-refractivity contribution in [2.45, 2.75) is 24.9 Å². The standard InChI is InChI=1S/C22H21NO4/c1-2-27-21(25)20-18(24)13-22(26,16-11-7-4-8-12-16)17(14-23)19(20)15-9-5-3-6-10-15/h3-12,17,19-20,26H,2,13H2,1H3/t17-,19-,20-,22+/m0/s1. The van der Waals surface area contributed by atoms with E-state index in [0.717, 1.165) is 0 Å². The fraction of sp³-hybridized carbons (Fsp3) is 0.318. The number of hydrogen-bond donors (Lipinski definition) is 1. The molecule has 0 spiro atoms. The van der Waals surface area contributed by atoms with Crippen molar-refractivity contribution in [3.05, 3.63) is 71.8 Å². The van der Waals surface area contributed by atoms with Gasteiger partial charge < -0.3 is 9.84 Å². The van der Waals surface area contributed by atoms with E-state index in [0.29, 0.717) is 11.1 Å². The van der Waals surface area contributed by atoms with E-state index >= 15 is 0 Å². The number of ether oxygens (including phenoxy) is 1. The van der Waals surface area contributed by atoms with Gasteiger partial charge >= 0.3 is 5.97 Å². The highest BCUT2D eigenvalue weighted by molar-refractivity contribution is 6.01. The summed E-state index contributed by atoms with van der Waals surface area (Å²) in [6.45, 7) is 1.81. The third kappa shape index (κ3) is 3.36. The zero-order valence-electron chi connectivity index (χ0n) is 15.0. The Bertz CT molecular complexity index is 859. The molecule has 5 nitrogen and oxygen atoms in total. The fourth-order valence-electron chi connectivity index (χ4n) is 3.94. The van der Waals surface area contributed by atoms with Crippen molar-refractivity contribution in [2.75, 3.05) is 6.61 Å². The number of esters is 1. The number of carbonyl (C=O) groups excluding carboxylic acids is 2. The topological polar surface area (TPSA) is 87.4 Å². The first-order valence-electron chi connectivity index (χ1n) is 8.94. The minimum Gasteiger partial charge on any atom is -0.465 e. The summed E-state index contributed by atoms with van der Waals surface area (Å²) >= 11 is 0. The van der Waals surface area contributed by atoms with Crippen molar-refractivity contribution < 1.29 is 19.4 Å². The second kappa shape index (κ2) is 7.73. The SMILES string of the molecule is CCOC(=O)[C@H]1C(=O)C[C@@](O)(c2ccccc2)[C@@H](C#N)[C@@H]1c1ccccc1. The maximum Gasteiger partial charge on any atom is 0.317 e. The molecule has 1 aliphatic rings. The molecule has 0 saturated heterocycles. The molecule has 1 saturated carbocycles. The first-order chi connectivity index (χ1) is 13.0. The fourth-order valence-corrected chi connectivity index (χ4v) is 3.94. The van der Waals surface area contributed by atoms with Crippen LogP contribution in [0.25, 0.3) is 0 Å². The number of nitriles is 1. The highest BCUT2D eigenvalue weighted by Crippen LogP contribution is 2.50. The molecule has 0 amide bonds. The summed E-state index contributed by atoms with van der Waals surface area (Å²) in [4.78, 5) is 25.5. The van der Waals surface area contributed by atoms with Gasteiger partial charge in [0.1, 0.15) is 11.5 Å². The van der Waals surface area contributed by atoms with Crippen LogP contribution in [0.3, 0.4) is 0 Å². The molecule has 0 aliphatic heterocycles. The average Bonchev–Trinajstić information content (AvgIpc) is 2.69. The van der Waals surface area contributed by atoms with Gasteiger partial charge in [0.2, 0.25) is 0 Å². The number of aliphatic hydroxyl groups is 1. The van der Waals surface area contributed by atoms with Crippen molar-refractivity contribution in [1.29, 1.82) is 5.26 Å². The molecule has 1 N–H and O–H groups in total. The Kier molecular flexibility index (Phi) is 5.38. The van der Waals surface area contributed by atoms with Crippen LogP contribution in [0.2, 0.25) is 0 Å². The highest BCUT2D eigenvalue weighted by Gasteiger charge is 2.56. The molecule has 0 radical (unpaired) electrons. The van der Waals surface area contributed by atoms with E-state index < -0.39 is 35.1 Å². The molecular formula is C22H21NO4. The summed E-state index contributed by atoms with van der Waals surface area (Å²) in [5.41, 5.74) is -0.519. The van der Waals surface area contributed by atoms with Crippen LogP contribution < -0.4 is 0 Å². The third-order valence-electron chi connectivity index (χ3n) is 5.16. The minimum absolute atomic E-state index is 0.143. The van der Waals surface area contributed by atoms with Crippen LogP contribution in [0.5, 0.6) is 0 Å². The molecule has 0 aromatic heterocycles. The van der Waals surface area contributed by atoms with Gasteiger partial charge in [-0.15, -0.1) is 0 Å². The number of nitrogens with zero attached hydrogens (tertiary/aromatic N) is 1. The second-order valence-electron chi connectivity index (χ2n) is 6.71. The largest absolute Gasteiger partial charge is 0.465 e. The van der Waals surface area contributed by atoms with Crippen molar-refractivity contribution in [2.24, 2.45) is 11.8 Å². The molecule has 4 atom stereocenters. The van der Waals surface area contributed by atoms with E-state index in [1.807, 2.05) is 6.07 Å². The second-order valence-corrected chi connectivity index (χ2v) is 6.71. The summed E-state index contributed by atoms with van der Waals surface area (Å²) in [7, 11) is 0. The maximum absolute atomic E-state index is 13.0. The predicted octanol–water partition coefficient (Wildman–Crippen LogP) is 2.95. The lowest BCUT2D eigenvalue weighted by atomic mass is 9.60. The molecule has 2 aromatic rings. The molecular weight excluding hydrogens is 342 g/mol. The first-order valence-corrected chi connectivity index (χ1v) is 8.94. The Morgan fingerprint density at radius 2 is 1.78 bits per heavy atom. The molecule has 138 valence electrons. The molecule has 27 heavy (non-hydrogen) atoms. The van der Waals surface area contributed by atoms with Gasteiger partial charge in [0, 0.05) is 12.3 Å². The quantitative estimate of drug-likeness (QED) is 0.666. The molecule has 0 heterocycles. The van der Waals surface area contributed by atoms with E-state index in [1.54, 1.807) is 61.5 Å². The molecule has 5 heteroatoms. The number of Topliss-reactive ketones (excluding diaryl/α,β-unsaturated/α-hetero) is 1. The van der Waals surface area contributed by atoms with Crippen LogP contribution in [-0.4, -0.2) is 23.5 Å². The molecule has 2 aromatic carbocycles. The number of rotatable bonds is 4. The number of benzene rings is 2. The summed E-state index contributed by atoms with van der Waals surface area (Å²) in [5, 5.41) is 21.4. The summed E-state index contributed by atoms with van der Waals surface area (Å²) in [5.74, 6) is -3.94. The number of carbonyl (C=O) groups is 2. The number of ketones is 1. The molecule has 0 bridgehead atoms. The lowest BCUT2D eigenvalue weighted by molar-refractivity contribution is -0.161. The van der Waals surface area contributed by atoms with Gasteiger partial charge in [0.25, 0.3) is 0 Å². The minimum atomic E-state index is -1.67. The van der Waals surface area contributed by atoms with Crippen molar-refractivity contribution >= 4 is 11.8 Å². The Labute approximate surface area is 158 Å². The normalized spacial score (nSPS) is 27.6. The van der Waals surface area contributed by atoms with E-state index in [9.17, 15) is 20.0 Å². The molecule has 3 rings (SSSR count). The zero-order chi connectivity index (χ0) is 19.4. The van der Waals surface area contributed by atoms with Gasteiger partial charge in [-0.1, -0.05) is 60.7 Å².